The minimum atomic E-state index is -0.885. The van der Waals surface area contributed by atoms with Gasteiger partial charge in [0.15, 0.2) is 0 Å². The molecule has 182 valence electrons. The first-order valence-corrected chi connectivity index (χ1v) is 12.0. The fourth-order valence-electron chi connectivity index (χ4n) is 3.50. The average Bonchev–Trinajstić information content (AvgIpc) is 3.46. The van der Waals surface area contributed by atoms with Crippen molar-refractivity contribution >= 4 is 40.9 Å². The van der Waals surface area contributed by atoms with Crippen LogP contribution >= 0.6 is 22.9 Å². The van der Waals surface area contributed by atoms with E-state index in [0.29, 0.717) is 22.2 Å². The van der Waals surface area contributed by atoms with Gasteiger partial charge < -0.3 is 24.5 Å². The molecule has 11 heteroatoms. The van der Waals surface area contributed by atoms with Crippen LogP contribution in [0.4, 0.5) is 4.79 Å². The summed E-state index contributed by atoms with van der Waals surface area (Å²) < 4.78 is 16.2. The van der Waals surface area contributed by atoms with Crippen LogP contribution < -0.4 is 10.6 Å². The molecule has 0 fully saturated rings. The summed E-state index contributed by atoms with van der Waals surface area (Å²) in [5, 5.41) is 8.29. The molecule has 1 aromatic carbocycles. The number of hydrogen-bond acceptors (Lipinski definition) is 8. The van der Waals surface area contributed by atoms with Crippen LogP contribution in [0.25, 0.3) is 10.6 Å². The van der Waals surface area contributed by atoms with Crippen molar-refractivity contribution in [3.63, 3.8) is 0 Å². The maximum Gasteiger partial charge on any atom is 0.338 e. The quantitative estimate of drug-likeness (QED) is 0.428. The van der Waals surface area contributed by atoms with Crippen molar-refractivity contribution in [1.29, 1.82) is 0 Å². The smallest absolute Gasteiger partial charge is 0.338 e. The number of aromatic nitrogens is 1. The number of thiazole rings is 1. The average molecular weight is 516 g/mol. The van der Waals surface area contributed by atoms with Gasteiger partial charge in [0.25, 0.3) is 0 Å². The molecule has 0 spiro atoms. The molecule has 2 aromatic heterocycles. The molecule has 1 aliphatic rings. The Kier molecular flexibility index (Phi) is 7.52. The van der Waals surface area contributed by atoms with Crippen LogP contribution in [-0.2, 0) is 25.5 Å². The van der Waals surface area contributed by atoms with Crippen molar-refractivity contribution in [2.75, 3.05) is 13.2 Å². The molecule has 2 amide bonds. The predicted molar refractivity (Wildman–Crippen MR) is 129 cm³/mol. The van der Waals surface area contributed by atoms with E-state index < -0.39 is 24.0 Å². The van der Waals surface area contributed by atoms with Gasteiger partial charge >= 0.3 is 18.0 Å². The van der Waals surface area contributed by atoms with E-state index in [9.17, 15) is 14.4 Å². The maximum absolute atomic E-state index is 12.7. The topological polar surface area (TPSA) is 120 Å². The highest BCUT2D eigenvalue weighted by molar-refractivity contribution is 7.13. The lowest BCUT2D eigenvalue weighted by molar-refractivity contribution is -0.143. The van der Waals surface area contributed by atoms with Crippen LogP contribution in [0.5, 0.6) is 0 Å². The minimum Gasteiger partial charge on any atom is -0.464 e. The van der Waals surface area contributed by atoms with E-state index in [2.05, 4.69) is 15.6 Å². The Balaban J connectivity index is 1.49. The van der Waals surface area contributed by atoms with Gasteiger partial charge in [0.1, 0.15) is 29.2 Å². The number of hydrogen-bond donors (Lipinski definition) is 2. The molecule has 1 aliphatic heterocycles. The number of carbonyl (C=O) groups excluding carboxylic acids is 3. The zero-order chi connectivity index (χ0) is 24.9. The monoisotopic (exact) mass is 515 g/mol. The lowest BCUT2D eigenvalue weighted by atomic mass is 10.0. The van der Waals surface area contributed by atoms with Gasteiger partial charge in [-0.1, -0.05) is 23.7 Å². The van der Waals surface area contributed by atoms with Crippen LogP contribution in [0.2, 0.25) is 5.02 Å². The molecule has 1 atom stereocenters. The van der Waals surface area contributed by atoms with Crippen molar-refractivity contribution in [3.8, 4) is 10.6 Å². The third kappa shape index (κ3) is 5.90. The van der Waals surface area contributed by atoms with E-state index in [0.717, 1.165) is 10.6 Å². The number of halogens is 1. The number of nitrogens with zero attached hydrogens (tertiary/aromatic N) is 1. The van der Waals surface area contributed by atoms with E-state index in [4.69, 9.17) is 25.5 Å². The van der Waals surface area contributed by atoms with Crippen LogP contribution in [0, 0.1) is 6.92 Å². The third-order valence-corrected chi connectivity index (χ3v) is 6.20. The van der Waals surface area contributed by atoms with Gasteiger partial charge in [0.05, 0.1) is 30.0 Å². The number of amides is 2. The number of esters is 2. The largest absolute Gasteiger partial charge is 0.464 e. The Bertz CT molecular complexity index is 1300. The first-order chi connectivity index (χ1) is 16.8. The van der Waals surface area contributed by atoms with E-state index in [-0.39, 0.29) is 30.9 Å². The first-order valence-electron chi connectivity index (χ1n) is 10.7. The molecule has 0 aliphatic carbocycles. The Labute approximate surface area is 210 Å². The summed E-state index contributed by atoms with van der Waals surface area (Å²) in [5.41, 5.74) is 1.61. The Hall–Kier alpha value is -3.63. The van der Waals surface area contributed by atoms with E-state index in [1.54, 1.807) is 43.5 Å². The summed E-state index contributed by atoms with van der Waals surface area (Å²) in [6.07, 6.45) is -0.0773. The van der Waals surface area contributed by atoms with Gasteiger partial charge in [-0.3, -0.25) is 4.79 Å². The third-order valence-electron chi connectivity index (χ3n) is 5.02. The number of benzene rings is 1. The number of nitrogens with one attached hydrogen (secondary N) is 2. The second kappa shape index (κ2) is 10.7. The van der Waals surface area contributed by atoms with Crippen LogP contribution in [0.15, 0.2) is 57.5 Å². The fourth-order valence-corrected chi connectivity index (χ4v) is 4.50. The summed E-state index contributed by atoms with van der Waals surface area (Å²) in [6.45, 7) is 3.22. The number of rotatable bonds is 8. The Morgan fingerprint density at radius 3 is 2.77 bits per heavy atom. The van der Waals surface area contributed by atoms with Crippen molar-refractivity contribution in [3.05, 3.63) is 75.3 Å². The highest BCUT2D eigenvalue weighted by atomic mass is 35.5. The van der Waals surface area contributed by atoms with Crippen LogP contribution in [0.1, 0.15) is 30.2 Å². The van der Waals surface area contributed by atoms with Crippen molar-refractivity contribution in [1.82, 2.24) is 15.6 Å². The van der Waals surface area contributed by atoms with Gasteiger partial charge in [-0.2, -0.15) is 0 Å². The number of ether oxygens (including phenoxy) is 2. The SMILES string of the molecule is CCOC(=O)C1=C(COC(=O)Cc2csc(-c3cccc(Cl)c3)n2)NC(=O)N[C@@H]1c1ccc(C)o1. The molecule has 35 heavy (non-hydrogen) atoms. The second-order valence-electron chi connectivity index (χ2n) is 7.58. The molecule has 2 N–H and O–H groups in total. The lowest BCUT2D eigenvalue weighted by Gasteiger charge is -2.27. The van der Waals surface area contributed by atoms with Gasteiger partial charge in [-0.05, 0) is 38.1 Å². The fraction of sp³-hybridized carbons (Fsp3) is 0.250. The normalized spacial score (nSPS) is 15.4. The van der Waals surface area contributed by atoms with Gasteiger partial charge in [-0.25, -0.2) is 14.6 Å². The molecular formula is C24H22ClN3O6S. The molecule has 9 nitrogen and oxygen atoms in total. The van der Waals surface area contributed by atoms with E-state index in [1.165, 1.54) is 11.3 Å². The summed E-state index contributed by atoms with van der Waals surface area (Å²) in [7, 11) is 0. The van der Waals surface area contributed by atoms with E-state index >= 15 is 0 Å². The zero-order valence-electron chi connectivity index (χ0n) is 18.9. The lowest BCUT2D eigenvalue weighted by Crippen LogP contribution is -2.47. The predicted octanol–water partition coefficient (Wildman–Crippen LogP) is 4.32. The van der Waals surface area contributed by atoms with Crippen molar-refractivity contribution in [2.45, 2.75) is 26.3 Å². The molecule has 3 aromatic rings. The zero-order valence-corrected chi connectivity index (χ0v) is 20.5. The number of urea groups is 1. The minimum absolute atomic E-state index is 0.0773. The second-order valence-corrected chi connectivity index (χ2v) is 8.88. The molecule has 0 saturated carbocycles. The number of aryl methyl sites for hydroxylation is 1. The molecule has 0 bridgehead atoms. The molecule has 3 heterocycles. The van der Waals surface area contributed by atoms with Gasteiger partial charge in [-0.15, -0.1) is 11.3 Å². The maximum atomic E-state index is 12.7. The van der Waals surface area contributed by atoms with Crippen LogP contribution in [-0.4, -0.2) is 36.2 Å². The summed E-state index contributed by atoms with van der Waals surface area (Å²) in [6, 6.07) is 9.21. The van der Waals surface area contributed by atoms with Gasteiger partial charge in [0, 0.05) is 16.0 Å². The molecule has 0 unspecified atom stereocenters. The number of carbonyl (C=O) groups is 3. The highest BCUT2D eigenvalue weighted by Gasteiger charge is 2.36. The van der Waals surface area contributed by atoms with E-state index in [1.807, 2.05) is 12.1 Å². The summed E-state index contributed by atoms with van der Waals surface area (Å²) in [5.74, 6) is -0.248. The van der Waals surface area contributed by atoms with Gasteiger partial charge in [0.2, 0.25) is 0 Å². The summed E-state index contributed by atoms with van der Waals surface area (Å²) in [4.78, 5) is 42.0. The highest BCUT2D eigenvalue weighted by Crippen LogP contribution is 2.29. The molecule has 4 rings (SSSR count). The standard InChI is InChI=1S/C24H22ClN3O6S/c1-3-32-23(30)20-17(27-24(31)28-21(20)18-8-7-13(2)34-18)11-33-19(29)10-16-12-35-22(26-16)14-5-4-6-15(25)9-14/h4-9,12,21H,3,10-11H2,1-2H3,(H2,27,28,31)/t21-/m1/s1. The Morgan fingerprint density at radius 2 is 2.06 bits per heavy atom. The molecule has 0 saturated heterocycles. The first kappa shape index (κ1) is 24.5. The summed E-state index contributed by atoms with van der Waals surface area (Å²) >= 11 is 7.43. The molecular weight excluding hydrogens is 494 g/mol. The van der Waals surface area contributed by atoms with Crippen molar-refractivity contribution < 1.29 is 28.3 Å². The number of furan rings is 1. The molecule has 0 radical (unpaired) electrons. The van der Waals surface area contributed by atoms with Crippen molar-refractivity contribution in [2.24, 2.45) is 0 Å². The van der Waals surface area contributed by atoms with Crippen LogP contribution in [0.3, 0.4) is 0 Å². The Morgan fingerprint density at radius 1 is 1.23 bits per heavy atom.